The normalized spacial score (nSPS) is 27.3. The molecule has 18 heteroatoms. The molecule has 4 aliphatic heterocycles. The summed E-state index contributed by atoms with van der Waals surface area (Å²) in [5, 5.41) is 38.1. The Labute approximate surface area is 433 Å². The van der Waals surface area contributed by atoms with Gasteiger partial charge in [-0.25, -0.2) is 13.1 Å². The zero-order valence-corrected chi connectivity index (χ0v) is 43.7. The van der Waals surface area contributed by atoms with Crippen LogP contribution in [0.15, 0.2) is 83.9 Å². The fourth-order valence-electron chi connectivity index (χ4n) is 13.1. The number of hydrogen-bond acceptors (Lipinski definition) is 14. The first kappa shape index (κ1) is 50.4. The first-order valence-corrected chi connectivity index (χ1v) is 28.1. The van der Waals surface area contributed by atoms with E-state index in [1.807, 2.05) is 38.1 Å². The summed E-state index contributed by atoms with van der Waals surface area (Å²) >= 11 is 0. The number of piperidine rings is 2. The molecule has 5 N–H and O–H groups in total. The van der Waals surface area contributed by atoms with Crippen LogP contribution >= 0.6 is 0 Å². The second kappa shape index (κ2) is 19.4. The standard InChI is InChI=1S/C56H70N8O9S/c1-35(2)41-7-5-6-8-42(41)49-32-55(4,67)19-25-62(49)39-30-56(31-39)20-23-61(24-21-56)38-9-11-43(46(28-38)63-45-16-26-72-34-50(45)73-53-48(63)27-37-15-22-57-51(37)59-53)52(65)60-74(70,71)40-10-12-44(47(29-40)64(68)69)58-33-36-13-17-54(3,66)18-14-36/h5-12,15,22,27-29,35-36,39,45,49-50,58,66-67H,13-14,16-21,23-26,30-34H2,1-4H3,(H,57,59)(H,60,65)/t36-,45-,49-,50-,54-,55+/m0/s1. The summed E-state index contributed by atoms with van der Waals surface area (Å²) in [6, 6.07) is 22.1. The number of amides is 1. The summed E-state index contributed by atoms with van der Waals surface area (Å²) in [5.41, 5.74) is 3.97. The highest BCUT2D eigenvalue weighted by molar-refractivity contribution is 7.90. The zero-order chi connectivity index (χ0) is 51.7. The van der Waals surface area contributed by atoms with Gasteiger partial charge in [0.15, 0.2) is 0 Å². The summed E-state index contributed by atoms with van der Waals surface area (Å²) in [6.45, 7) is 11.9. The summed E-state index contributed by atoms with van der Waals surface area (Å²) in [4.78, 5) is 41.2. The molecule has 6 heterocycles. The lowest BCUT2D eigenvalue weighted by molar-refractivity contribution is -0.384. The number of sulfonamides is 1. The molecule has 2 saturated carbocycles. The number of ether oxygens (including phenoxy) is 2. The molecule has 1 amide bonds. The molecule has 74 heavy (non-hydrogen) atoms. The highest BCUT2D eigenvalue weighted by Gasteiger charge is 2.51. The monoisotopic (exact) mass is 1030 g/mol. The van der Waals surface area contributed by atoms with Crippen LogP contribution in [0.4, 0.5) is 28.4 Å². The number of benzene rings is 3. The van der Waals surface area contributed by atoms with Crippen molar-refractivity contribution in [3.05, 3.63) is 106 Å². The predicted octanol–water partition coefficient (Wildman–Crippen LogP) is 9.09. The van der Waals surface area contributed by atoms with Crippen LogP contribution in [0.1, 0.15) is 132 Å². The number of aromatic amines is 1. The maximum Gasteiger partial charge on any atom is 0.293 e. The molecule has 3 aromatic carbocycles. The van der Waals surface area contributed by atoms with Gasteiger partial charge in [-0.15, -0.1) is 0 Å². The first-order valence-electron chi connectivity index (χ1n) is 26.6. The number of nitrogens with zero attached hydrogens (tertiary/aromatic N) is 5. The fraction of sp³-hybridized carbons (Fsp3) is 0.536. The number of carbonyl (C=O) groups is 1. The molecule has 11 rings (SSSR count). The summed E-state index contributed by atoms with van der Waals surface area (Å²) in [5.74, 6) is 0.0492. The van der Waals surface area contributed by atoms with Crippen molar-refractivity contribution in [1.82, 2.24) is 19.6 Å². The van der Waals surface area contributed by atoms with Crippen molar-refractivity contribution >= 4 is 55.4 Å². The summed E-state index contributed by atoms with van der Waals surface area (Å²) in [7, 11) is -4.63. The number of anilines is 4. The Morgan fingerprint density at radius 3 is 2.45 bits per heavy atom. The van der Waals surface area contributed by atoms with E-state index in [2.05, 4.69) is 67.8 Å². The smallest absolute Gasteiger partial charge is 0.293 e. The quantitative estimate of drug-likeness (QED) is 0.0582. The number of nitro benzene ring substituents is 1. The van der Waals surface area contributed by atoms with Crippen LogP contribution < -0.4 is 24.6 Å². The average Bonchev–Trinajstić information content (AvgIpc) is 3.83. The number of aromatic nitrogens is 2. The van der Waals surface area contributed by atoms with Crippen molar-refractivity contribution in [3.63, 3.8) is 0 Å². The molecule has 0 bridgehead atoms. The molecule has 4 atom stereocenters. The Morgan fingerprint density at radius 1 is 0.919 bits per heavy atom. The molecule has 1 spiro atoms. The van der Waals surface area contributed by atoms with E-state index in [-0.39, 0.29) is 34.7 Å². The SMILES string of the molecule is CC(C)c1ccccc1[C@@H]1C[C@](C)(O)CCN1C1CC2(CCN(c3ccc(C(=O)NS(=O)(=O)c4ccc(NC[C@H]5CC[C@](C)(O)CC5)c([N+](=O)[O-])c4)c(N4c5cc6cc[nH]c6nc5O[C@H]5COCC[C@@H]54)c3)CC2)C1. The molecule has 5 aromatic rings. The molecule has 0 unspecified atom stereocenters. The molecule has 394 valence electrons. The van der Waals surface area contributed by atoms with Gasteiger partial charge in [-0.1, -0.05) is 38.1 Å². The molecule has 2 aliphatic carbocycles. The number of nitrogens with one attached hydrogen (secondary N) is 3. The number of nitro groups is 1. The van der Waals surface area contributed by atoms with Crippen LogP contribution in [0.5, 0.6) is 5.88 Å². The molecule has 2 aromatic heterocycles. The van der Waals surface area contributed by atoms with Gasteiger partial charge in [-0.2, -0.15) is 4.98 Å². The lowest BCUT2D eigenvalue weighted by atomic mass is 9.59. The number of likely N-dealkylation sites (tertiary alicyclic amines) is 1. The lowest BCUT2D eigenvalue weighted by Crippen LogP contribution is -2.58. The van der Waals surface area contributed by atoms with Gasteiger partial charge in [0.2, 0.25) is 5.88 Å². The van der Waals surface area contributed by atoms with Gasteiger partial charge in [-0.3, -0.25) is 19.8 Å². The molecule has 0 radical (unpaired) electrons. The highest BCUT2D eigenvalue weighted by atomic mass is 32.2. The predicted molar refractivity (Wildman–Crippen MR) is 284 cm³/mol. The number of fused-ring (bicyclic) bond motifs is 3. The van der Waals surface area contributed by atoms with Crippen LogP contribution in [0.3, 0.4) is 0 Å². The van der Waals surface area contributed by atoms with Crippen molar-refractivity contribution in [2.24, 2.45) is 11.3 Å². The van der Waals surface area contributed by atoms with Gasteiger partial charge in [0, 0.05) is 68.2 Å². The fourth-order valence-corrected chi connectivity index (χ4v) is 14.1. The Kier molecular flexibility index (Phi) is 13.2. The van der Waals surface area contributed by atoms with Crippen molar-refractivity contribution in [1.29, 1.82) is 0 Å². The molecular formula is C56H70N8O9S. The van der Waals surface area contributed by atoms with E-state index in [1.54, 1.807) is 12.3 Å². The van der Waals surface area contributed by atoms with Crippen LogP contribution in [0, 0.1) is 21.4 Å². The maximum atomic E-state index is 14.7. The van der Waals surface area contributed by atoms with Crippen molar-refractivity contribution in [3.8, 4) is 5.88 Å². The van der Waals surface area contributed by atoms with E-state index in [0.717, 1.165) is 81.7 Å². The number of pyridine rings is 1. The van der Waals surface area contributed by atoms with Gasteiger partial charge < -0.3 is 39.8 Å². The van der Waals surface area contributed by atoms with Crippen LogP contribution in [-0.2, 0) is 14.8 Å². The van der Waals surface area contributed by atoms with Gasteiger partial charge in [0.25, 0.3) is 21.6 Å². The van der Waals surface area contributed by atoms with Gasteiger partial charge in [0.1, 0.15) is 23.1 Å². The summed E-state index contributed by atoms with van der Waals surface area (Å²) < 4.78 is 43.1. The van der Waals surface area contributed by atoms with E-state index < -0.39 is 48.7 Å². The van der Waals surface area contributed by atoms with Crippen LogP contribution in [-0.4, -0.2) is 113 Å². The largest absolute Gasteiger partial charge is 0.468 e. The number of H-pyrrole nitrogens is 1. The Hall–Kier alpha value is -5.79. The van der Waals surface area contributed by atoms with E-state index in [9.17, 15) is 33.5 Å². The zero-order valence-electron chi connectivity index (χ0n) is 42.9. The van der Waals surface area contributed by atoms with Crippen LogP contribution in [0.2, 0.25) is 0 Å². The third kappa shape index (κ3) is 9.83. The van der Waals surface area contributed by atoms with Crippen molar-refractivity contribution < 1.29 is 37.8 Å². The number of aliphatic hydroxyl groups is 2. The third-order valence-corrected chi connectivity index (χ3v) is 18.8. The Balaban J connectivity index is 0.865. The molecule has 5 fully saturated rings. The highest BCUT2D eigenvalue weighted by Crippen LogP contribution is 2.55. The average molecular weight is 1030 g/mol. The molecule has 6 aliphatic rings. The lowest BCUT2D eigenvalue weighted by Gasteiger charge is -2.58. The molecule has 3 saturated heterocycles. The van der Waals surface area contributed by atoms with E-state index in [0.29, 0.717) is 80.3 Å². The maximum absolute atomic E-state index is 14.7. The minimum Gasteiger partial charge on any atom is -0.468 e. The van der Waals surface area contributed by atoms with E-state index >= 15 is 0 Å². The second-order valence-corrected chi connectivity index (χ2v) is 24.8. The van der Waals surface area contributed by atoms with Gasteiger partial charge >= 0.3 is 0 Å². The van der Waals surface area contributed by atoms with E-state index in [1.165, 1.54) is 23.3 Å². The molecular weight excluding hydrogens is 961 g/mol. The van der Waals surface area contributed by atoms with Gasteiger partial charge in [-0.05, 0) is 155 Å². The number of rotatable bonds is 12. The summed E-state index contributed by atoms with van der Waals surface area (Å²) in [6.07, 6.45) is 10.4. The van der Waals surface area contributed by atoms with Crippen molar-refractivity contribution in [2.75, 3.05) is 54.5 Å². The first-order chi connectivity index (χ1) is 35.3. The minimum atomic E-state index is -4.63. The minimum absolute atomic E-state index is 0.105. The molecule has 17 nitrogen and oxygen atoms in total. The Morgan fingerprint density at radius 2 is 1.69 bits per heavy atom. The number of hydrogen-bond donors (Lipinski definition) is 5. The number of carbonyl (C=O) groups excluding carboxylic acids is 1. The Bertz CT molecular complexity index is 3040. The second-order valence-electron chi connectivity index (χ2n) is 23.1. The van der Waals surface area contributed by atoms with E-state index in [4.69, 9.17) is 14.5 Å². The van der Waals surface area contributed by atoms with Crippen LogP contribution in [0.25, 0.3) is 11.0 Å². The van der Waals surface area contributed by atoms with Crippen molar-refractivity contribution in [2.45, 2.75) is 145 Å². The topological polar surface area (TPSA) is 216 Å². The van der Waals surface area contributed by atoms with Gasteiger partial charge in [0.05, 0.1) is 44.9 Å². The third-order valence-electron chi connectivity index (χ3n) is 17.5.